The molecule has 0 spiro atoms. The van der Waals surface area contributed by atoms with Crippen LogP contribution in [0.5, 0.6) is 0 Å². The molecule has 1 fully saturated rings. The van der Waals surface area contributed by atoms with Crippen LogP contribution in [0.15, 0.2) is 5.38 Å². The van der Waals surface area contributed by atoms with Crippen molar-refractivity contribution in [3.63, 3.8) is 0 Å². The molecule has 2 amide bonds. The van der Waals surface area contributed by atoms with Crippen molar-refractivity contribution in [1.82, 2.24) is 14.8 Å². The molecule has 110 valence electrons. The third-order valence-electron chi connectivity index (χ3n) is 3.15. The fraction of sp³-hybridized carbons (Fsp3) is 0.583. The molecule has 0 aromatic carbocycles. The number of ether oxygens (including phenoxy) is 1. The quantitative estimate of drug-likeness (QED) is 0.816. The maximum atomic E-state index is 12.1. The summed E-state index contributed by atoms with van der Waals surface area (Å²) in [6, 6.07) is 0. The molecule has 2 heterocycles. The van der Waals surface area contributed by atoms with Crippen LogP contribution in [0.3, 0.4) is 0 Å². The Balaban J connectivity index is 1.81. The van der Waals surface area contributed by atoms with E-state index in [1.807, 2.05) is 0 Å². The number of thiazole rings is 1. The van der Waals surface area contributed by atoms with Crippen LogP contribution in [0.2, 0.25) is 0 Å². The monoisotopic (exact) mass is 298 g/mol. The SMILES string of the molecule is COCC(=O)N1CCN(C(=O)Cc2csc(N)n2)CC1. The molecule has 1 saturated heterocycles. The normalized spacial score (nSPS) is 15.4. The fourth-order valence-electron chi connectivity index (χ4n) is 2.09. The van der Waals surface area contributed by atoms with Crippen LogP contribution < -0.4 is 5.73 Å². The van der Waals surface area contributed by atoms with E-state index in [4.69, 9.17) is 10.5 Å². The summed E-state index contributed by atoms with van der Waals surface area (Å²) in [5.74, 6) is -0.0129. The number of hydrogen-bond donors (Lipinski definition) is 1. The van der Waals surface area contributed by atoms with Gasteiger partial charge in [-0.3, -0.25) is 9.59 Å². The van der Waals surface area contributed by atoms with Gasteiger partial charge in [-0.25, -0.2) is 4.98 Å². The first-order chi connectivity index (χ1) is 9.60. The second kappa shape index (κ2) is 6.67. The van der Waals surface area contributed by atoms with Gasteiger partial charge in [0.15, 0.2) is 5.13 Å². The molecule has 2 rings (SSSR count). The van der Waals surface area contributed by atoms with E-state index in [0.717, 1.165) is 0 Å². The third-order valence-corrected chi connectivity index (χ3v) is 3.88. The molecular formula is C12H18N4O3S. The Kier molecular flexibility index (Phi) is 4.91. The second-order valence-corrected chi connectivity index (χ2v) is 5.44. The van der Waals surface area contributed by atoms with Gasteiger partial charge in [-0.05, 0) is 0 Å². The van der Waals surface area contributed by atoms with E-state index >= 15 is 0 Å². The minimum absolute atomic E-state index is 0.0224. The summed E-state index contributed by atoms with van der Waals surface area (Å²) in [7, 11) is 1.50. The highest BCUT2D eigenvalue weighted by Gasteiger charge is 2.24. The number of carbonyl (C=O) groups is 2. The molecule has 0 aliphatic carbocycles. The zero-order chi connectivity index (χ0) is 14.5. The summed E-state index contributed by atoms with van der Waals surface area (Å²) in [6.45, 7) is 2.29. The van der Waals surface area contributed by atoms with E-state index in [-0.39, 0.29) is 24.8 Å². The molecule has 0 unspecified atom stereocenters. The molecule has 1 aromatic rings. The first-order valence-corrected chi connectivity index (χ1v) is 7.22. The van der Waals surface area contributed by atoms with E-state index in [1.165, 1.54) is 18.4 Å². The van der Waals surface area contributed by atoms with Crippen LogP contribution in [0.25, 0.3) is 0 Å². The van der Waals surface area contributed by atoms with Gasteiger partial charge in [0.05, 0.1) is 12.1 Å². The number of aromatic nitrogens is 1. The fourth-order valence-corrected chi connectivity index (χ4v) is 2.65. The highest BCUT2D eigenvalue weighted by Crippen LogP contribution is 2.13. The number of piperazine rings is 1. The van der Waals surface area contributed by atoms with Gasteiger partial charge in [0.2, 0.25) is 11.8 Å². The van der Waals surface area contributed by atoms with Gasteiger partial charge in [-0.1, -0.05) is 0 Å². The van der Waals surface area contributed by atoms with Gasteiger partial charge in [0, 0.05) is 38.7 Å². The zero-order valence-corrected chi connectivity index (χ0v) is 12.2. The number of nitrogen functional groups attached to an aromatic ring is 1. The van der Waals surface area contributed by atoms with Crippen molar-refractivity contribution < 1.29 is 14.3 Å². The Morgan fingerprint density at radius 1 is 1.30 bits per heavy atom. The Labute approximate surface area is 121 Å². The van der Waals surface area contributed by atoms with Crippen LogP contribution in [0, 0.1) is 0 Å². The number of amides is 2. The van der Waals surface area contributed by atoms with Gasteiger partial charge < -0.3 is 20.3 Å². The lowest BCUT2D eigenvalue weighted by Gasteiger charge is -2.34. The maximum absolute atomic E-state index is 12.1. The predicted molar refractivity (Wildman–Crippen MR) is 75.3 cm³/mol. The van der Waals surface area contributed by atoms with Gasteiger partial charge in [0.1, 0.15) is 6.61 Å². The lowest BCUT2D eigenvalue weighted by atomic mass is 10.2. The van der Waals surface area contributed by atoms with Crippen LogP contribution in [0.4, 0.5) is 5.13 Å². The summed E-state index contributed by atoms with van der Waals surface area (Å²) >= 11 is 1.33. The molecule has 1 aliphatic rings. The largest absolute Gasteiger partial charge is 0.375 e. The minimum atomic E-state index is -0.0353. The van der Waals surface area contributed by atoms with Crippen molar-refractivity contribution in [2.45, 2.75) is 6.42 Å². The van der Waals surface area contributed by atoms with Crippen LogP contribution >= 0.6 is 11.3 Å². The molecule has 0 atom stereocenters. The highest BCUT2D eigenvalue weighted by molar-refractivity contribution is 7.13. The molecule has 1 aliphatic heterocycles. The summed E-state index contributed by atoms with van der Waals surface area (Å²) in [6.07, 6.45) is 0.264. The van der Waals surface area contributed by atoms with E-state index in [0.29, 0.717) is 37.0 Å². The predicted octanol–water partition coefficient (Wildman–Crippen LogP) is -0.415. The van der Waals surface area contributed by atoms with Crippen molar-refractivity contribution >= 4 is 28.3 Å². The standard InChI is InChI=1S/C12H18N4O3S/c1-19-7-11(18)16-4-2-15(3-5-16)10(17)6-9-8-20-12(13)14-9/h8H,2-7H2,1H3,(H2,13,14). The van der Waals surface area contributed by atoms with E-state index in [1.54, 1.807) is 15.2 Å². The van der Waals surface area contributed by atoms with Crippen LogP contribution in [0.1, 0.15) is 5.69 Å². The highest BCUT2D eigenvalue weighted by atomic mass is 32.1. The van der Waals surface area contributed by atoms with Crippen molar-refractivity contribution in [3.8, 4) is 0 Å². The summed E-state index contributed by atoms with van der Waals surface area (Å²) in [5.41, 5.74) is 6.24. The molecule has 20 heavy (non-hydrogen) atoms. The van der Waals surface area contributed by atoms with Gasteiger partial charge >= 0.3 is 0 Å². The Morgan fingerprint density at radius 3 is 2.40 bits per heavy atom. The van der Waals surface area contributed by atoms with Crippen molar-refractivity contribution in [2.75, 3.05) is 45.6 Å². The molecular weight excluding hydrogens is 280 g/mol. The molecule has 0 radical (unpaired) electrons. The van der Waals surface area contributed by atoms with E-state index < -0.39 is 0 Å². The topological polar surface area (TPSA) is 88.8 Å². The van der Waals surface area contributed by atoms with Crippen LogP contribution in [-0.4, -0.2) is 66.5 Å². The molecule has 8 heteroatoms. The number of hydrogen-bond acceptors (Lipinski definition) is 6. The van der Waals surface area contributed by atoms with Crippen molar-refractivity contribution in [3.05, 3.63) is 11.1 Å². The molecule has 2 N–H and O–H groups in total. The molecule has 0 saturated carbocycles. The number of nitrogens with two attached hydrogens (primary N) is 1. The first kappa shape index (κ1) is 14.7. The number of carbonyl (C=O) groups excluding carboxylic acids is 2. The molecule has 0 bridgehead atoms. The summed E-state index contributed by atoms with van der Waals surface area (Å²) in [4.78, 5) is 31.3. The number of anilines is 1. The molecule has 7 nitrogen and oxygen atoms in total. The summed E-state index contributed by atoms with van der Waals surface area (Å²) in [5, 5.41) is 2.27. The smallest absolute Gasteiger partial charge is 0.248 e. The van der Waals surface area contributed by atoms with Gasteiger partial charge in [0.25, 0.3) is 0 Å². The average molecular weight is 298 g/mol. The second-order valence-electron chi connectivity index (χ2n) is 4.55. The minimum Gasteiger partial charge on any atom is -0.375 e. The van der Waals surface area contributed by atoms with Crippen LogP contribution in [-0.2, 0) is 20.7 Å². The average Bonchev–Trinajstić information content (AvgIpc) is 2.84. The maximum Gasteiger partial charge on any atom is 0.248 e. The first-order valence-electron chi connectivity index (χ1n) is 6.34. The lowest BCUT2D eigenvalue weighted by molar-refractivity contribution is -0.141. The van der Waals surface area contributed by atoms with E-state index in [2.05, 4.69) is 4.98 Å². The van der Waals surface area contributed by atoms with E-state index in [9.17, 15) is 9.59 Å². The Bertz CT molecular complexity index is 483. The van der Waals surface area contributed by atoms with Gasteiger partial charge in [-0.15, -0.1) is 11.3 Å². The lowest BCUT2D eigenvalue weighted by Crippen LogP contribution is -2.51. The Morgan fingerprint density at radius 2 is 1.90 bits per heavy atom. The Hall–Kier alpha value is -1.67. The zero-order valence-electron chi connectivity index (χ0n) is 11.4. The van der Waals surface area contributed by atoms with Crippen molar-refractivity contribution in [1.29, 1.82) is 0 Å². The number of rotatable bonds is 4. The molecule has 1 aromatic heterocycles. The van der Waals surface area contributed by atoms with Gasteiger partial charge in [-0.2, -0.15) is 0 Å². The number of methoxy groups -OCH3 is 1. The summed E-state index contributed by atoms with van der Waals surface area (Å²) < 4.78 is 4.82. The third kappa shape index (κ3) is 3.67. The van der Waals surface area contributed by atoms with Crippen molar-refractivity contribution in [2.24, 2.45) is 0 Å². The number of nitrogens with zero attached hydrogens (tertiary/aromatic N) is 3.